The molecule has 5 nitrogen and oxygen atoms in total. The Morgan fingerprint density at radius 1 is 0.969 bits per heavy atom. The van der Waals surface area contributed by atoms with Gasteiger partial charge in [-0.1, -0.05) is 48.5 Å². The molecule has 0 aliphatic heterocycles. The second-order valence-corrected chi connectivity index (χ2v) is 8.91. The lowest BCUT2D eigenvalue weighted by Gasteiger charge is -2.16. The van der Waals surface area contributed by atoms with E-state index in [1.807, 2.05) is 36.4 Å². The Hall–Kier alpha value is -3.42. The molecule has 1 heterocycles. The molecule has 0 amide bonds. The molecule has 1 aliphatic carbocycles. The predicted molar refractivity (Wildman–Crippen MR) is 124 cm³/mol. The van der Waals surface area contributed by atoms with E-state index < -0.39 is 16.8 Å². The second-order valence-electron chi connectivity index (χ2n) is 7.69. The van der Waals surface area contributed by atoms with Gasteiger partial charge in [-0.2, -0.15) is 0 Å². The van der Waals surface area contributed by atoms with Crippen LogP contribution in [0.2, 0.25) is 0 Å². The number of anilines is 1. The van der Waals surface area contributed by atoms with Crippen molar-refractivity contribution in [2.45, 2.75) is 23.8 Å². The van der Waals surface area contributed by atoms with Gasteiger partial charge >= 0.3 is 0 Å². The molecule has 0 saturated carbocycles. The lowest BCUT2D eigenvalue weighted by Crippen LogP contribution is -2.22. The average Bonchev–Trinajstić information content (AvgIpc) is 3.22. The van der Waals surface area contributed by atoms with Gasteiger partial charge in [-0.05, 0) is 53.3 Å². The monoisotopic (exact) mass is 444 g/mol. The van der Waals surface area contributed by atoms with Crippen LogP contribution in [0.4, 0.5) is 10.2 Å². The Bertz CT molecular complexity index is 1310. The third-order valence-electron chi connectivity index (χ3n) is 5.70. The molecule has 4 aromatic rings. The molecule has 2 unspecified atom stereocenters. The zero-order valence-electron chi connectivity index (χ0n) is 17.2. The highest BCUT2D eigenvalue weighted by atomic mass is 32.2. The Kier molecular flexibility index (Phi) is 5.51. The molecule has 0 spiro atoms. The minimum absolute atomic E-state index is 0.0308. The first kappa shape index (κ1) is 20.5. The summed E-state index contributed by atoms with van der Waals surface area (Å²) in [6.07, 6.45) is 4.71. The molecular weight excluding hydrogens is 423 g/mol. The Morgan fingerprint density at radius 3 is 2.59 bits per heavy atom. The fraction of sp³-hybridized carbons (Fsp3) is 0.120. The van der Waals surface area contributed by atoms with Crippen molar-refractivity contribution < 1.29 is 8.60 Å². The smallest absolute Gasteiger partial charge is 0.141 e. The summed E-state index contributed by atoms with van der Waals surface area (Å²) in [6, 6.07) is 20.5. The number of halogens is 1. The number of nitrogen functional groups attached to an aromatic ring is 1. The van der Waals surface area contributed by atoms with Crippen molar-refractivity contribution in [1.82, 2.24) is 14.7 Å². The van der Waals surface area contributed by atoms with Crippen LogP contribution >= 0.6 is 0 Å². The highest BCUT2D eigenvalue weighted by Gasteiger charge is 2.24. The lowest BCUT2D eigenvalue weighted by molar-refractivity contribution is 0.622. The summed E-state index contributed by atoms with van der Waals surface area (Å²) >= 11 is 0. The zero-order chi connectivity index (χ0) is 22.1. The minimum atomic E-state index is -1.45. The van der Waals surface area contributed by atoms with Crippen molar-refractivity contribution in [1.29, 1.82) is 0 Å². The topological polar surface area (TPSA) is 80.9 Å². The van der Waals surface area contributed by atoms with Crippen molar-refractivity contribution in [3.63, 3.8) is 0 Å². The van der Waals surface area contributed by atoms with E-state index in [2.05, 4.69) is 26.8 Å². The summed E-state index contributed by atoms with van der Waals surface area (Å²) in [4.78, 5) is 8.75. The van der Waals surface area contributed by atoms with Crippen molar-refractivity contribution >= 4 is 16.8 Å². The quantitative estimate of drug-likeness (QED) is 0.462. The van der Waals surface area contributed by atoms with Gasteiger partial charge in [0.2, 0.25) is 0 Å². The minimum Gasteiger partial charge on any atom is -0.382 e. The van der Waals surface area contributed by atoms with Gasteiger partial charge in [0, 0.05) is 11.6 Å². The van der Waals surface area contributed by atoms with Crippen LogP contribution in [0.1, 0.15) is 23.6 Å². The maximum Gasteiger partial charge on any atom is 0.141 e. The molecule has 5 rings (SSSR count). The molecule has 0 saturated heterocycles. The van der Waals surface area contributed by atoms with Crippen LogP contribution in [-0.2, 0) is 17.4 Å². The van der Waals surface area contributed by atoms with E-state index in [-0.39, 0.29) is 11.9 Å². The number of benzene rings is 3. The van der Waals surface area contributed by atoms with E-state index in [1.165, 1.54) is 29.6 Å². The van der Waals surface area contributed by atoms with Crippen molar-refractivity contribution in [3.05, 3.63) is 96.1 Å². The average molecular weight is 445 g/mol. The number of nitrogens with one attached hydrogen (secondary N) is 1. The van der Waals surface area contributed by atoms with Crippen molar-refractivity contribution in [2.24, 2.45) is 0 Å². The fourth-order valence-electron chi connectivity index (χ4n) is 4.11. The normalized spacial score (nSPS) is 16.0. The third kappa shape index (κ3) is 3.92. The van der Waals surface area contributed by atoms with E-state index in [1.54, 1.807) is 12.1 Å². The Balaban J connectivity index is 1.44. The molecule has 0 bridgehead atoms. The van der Waals surface area contributed by atoms with E-state index >= 15 is 0 Å². The van der Waals surface area contributed by atoms with Crippen LogP contribution in [0.3, 0.4) is 0 Å². The molecule has 7 heteroatoms. The lowest BCUT2D eigenvalue weighted by atomic mass is 10.0. The van der Waals surface area contributed by atoms with E-state index in [0.717, 1.165) is 18.4 Å². The Morgan fingerprint density at radius 2 is 1.78 bits per heavy atom. The standard InChI is InChI=1S/C25H21FN4OS/c26-21-13-17(9-11-20(21)23-14-29-25(27)15-28-23)19-7-3-4-8-24(19)32(31)30-22-12-10-16-5-1-2-6-18(16)22/h1-9,11,13-15,22,30H,10,12H2,(H2,27,29). The van der Waals surface area contributed by atoms with E-state index in [0.29, 0.717) is 21.7 Å². The van der Waals surface area contributed by atoms with Gasteiger partial charge in [-0.3, -0.25) is 4.98 Å². The van der Waals surface area contributed by atoms with Gasteiger partial charge in [0.1, 0.15) is 22.6 Å². The van der Waals surface area contributed by atoms with Crippen LogP contribution in [-0.4, -0.2) is 14.2 Å². The summed E-state index contributed by atoms with van der Waals surface area (Å²) in [5.41, 5.74) is 10.2. The number of hydrogen-bond donors (Lipinski definition) is 2. The molecule has 1 aliphatic rings. The van der Waals surface area contributed by atoms with Crippen LogP contribution in [0, 0.1) is 5.82 Å². The predicted octanol–water partition coefficient (Wildman–Crippen LogP) is 4.83. The highest BCUT2D eigenvalue weighted by molar-refractivity contribution is 7.83. The largest absolute Gasteiger partial charge is 0.382 e. The maximum atomic E-state index is 15.0. The first-order valence-corrected chi connectivity index (χ1v) is 11.5. The van der Waals surface area contributed by atoms with Crippen LogP contribution < -0.4 is 10.5 Å². The van der Waals surface area contributed by atoms with E-state index in [9.17, 15) is 8.60 Å². The first-order chi connectivity index (χ1) is 15.6. The SMILES string of the molecule is Nc1cnc(-c2ccc(-c3ccccc3S(=O)NC3CCc4ccccc43)cc2F)cn1. The van der Waals surface area contributed by atoms with Gasteiger partial charge in [-0.25, -0.2) is 18.3 Å². The summed E-state index contributed by atoms with van der Waals surface area (Å²) in [7, 11) is -1.45. The van der Waals surface area contributed by atoms with Gasteiger partial charge in [-0.15, -0.1) is 0 Å². The molecule has 32 heavy (non-hydrogen) atoms. The van der Waals surface area contributed by atoms with Gasteiger partial charge in [0.05, 0.1) is 23.0 Å². The first-order valence-electron chi connectivity index (χ1n) is 10.3. The molecular formula is C25H21FN4OS. The molecule has 2 atom stereocenters. The maximum absolute atomic E-state index is 15.0. The molecule has 3 N–H and O–H groups in total. The summed E-state index contributed by atoms with van der Waals surface area (Å²) < 4.78 is 31.5. The van der Waals surface area contributed by atoms with Crippen LogP contribution in [0.15, 0.2) is 84.0 Å². The Labute approximate surface area is 188 Å². The zero-order valence-corrected chi connectivity index (χ0v) is 18.0. The molecule has 160 valence electrons. The second kappa shape index (κ2) is 8.61. The highest BCUT2D eigenvalue weighted by Crippen LogP contribution is 2.34. The van der Waals surface area contributed by atoms with Gasteiger partial charge in [0.25, 0.3) is 0 Å². The summed E-state index contributed by atoms with van der Waals surface area (Å²) in [5.74, 6) is -0.153. The number of aromatic nitrogens is 2. The summed E-state index contributed by atoms with van der Waals surface area (Å²) in [6.45, 7) is 0. The number of fused-ring (bicyclic) bond motifs is 1. The number of aryl methyl sites for hydroxylation is 1. The molecule has 0 radical (unpaired) electrons. The number of nitrogens with two attached hydrogens (primary N) is 1. The fourth-order valence-corrected chi connectivity index (χ4v) is 5.32. The number of nitrogens with zero attached hydrogens (tertiary/aromatic N) is 2. The van der Waals surface area contributed by atoms with Gasteiger partial charge < -0.3 is 5.73 Å². The number of rotatable bonds is 5. The summed E-state index contributed by atoms with van der Waals surface area (Å²) in [5, 5.41) is 0. The van der Waals surface area contributed by atoms with Gasteiger partial charge in [0.15, 0.2) is 0 Å². The van der Waals surface area contributed by atoms with Crippen molar-refractivity contribution in [2.75, 3.05) is 5.73 Å². The molecule has 3 aromatic carbocycles. The molecule has 0 fully saturated rings. The van der Waals surface area contributed by atoms with Crippen LogP contribution in [0.25, 0.3) is 22.4 Å². The van der Waals surface area contributed by atoms with E-state index in [4.69, 9.17) is 5.73 Å². The third-order valence-corrected chi connectivity index (χ3v) is 6.95. The van der Waals surface area contributed by atoms with Crippen LogP contribution in [0.5, 0.6) is 0 Å². The number of hydrogen-bond acceptors (Lipinski definition) is 4. The molecule has 1 aromatic heterocycles. The van der Waals surface area contributed by atoms with Crippen molar-refractivity contribution in [3.8, 4) is 22.4 Å².